The van der Waals surface area contributed by atoms with Crippen molar-refractivity contribution in [3.8, 4) is 0 Å². The van der Waals surface area contributed by atoms with Crippen molar-refractivity contribution >= 4 is 29.1 Å². The van der Waals surface area contributed by atoms with Crippen LogP contribution < -0.4 is 10.6 Å². The molecule has 1 aromatic rings. The third kappa shape index (κ3) is 5.66. The molecule has 0 radical (unpaired) electrons. The molecule has 0 aromatic heterocycles. The Bertz CT molecular complexity index is 516. The number of rotatable bonds is 8. The first-order chi connectivity index (χ1) is 10.5. The van der Waals surface area contributed by atoms with Gasteiger partial charge in [0.2, 0.25) is 5.91 Å². The fourth-order valence-electron chi connectivity index (χ4n) is 1.97. The van der Waals surface area contributed by atoms with Crippen LogP contribution in [0.15, 0.2) is 18.2 Å². The van der Waals surface area contributed by atoms with E-state index in [9.17, 15) is 9.59 Å². The molecule has 0 atom stereocenters. The van der Waals surface area contributed by atoms with Crippen molar-refractivity contribution < 1.29 is 9.59 Å². The van der Waals surface area contributed by atoms with Gasteiger partial charge in [0.1, 0.15) is 0 Å². The van der Waals surface area contributed by atoms with E-state index in [1.807, 2.05) is 0 Å². The van der Waals surface area contributed by atoms with Gasteiger partial charge in [-0.25, -0.2) is 0 Å². The molecule has 0 saturated heterocycles. The van der Waals surface area contributed by atoms with E-state index in [1.54, 1.807) is 25.1 Å². The molecule has 2 N–H and O–H groups in total. The molecule has 2 amide bonds. The summed E-state index contributed by atoms with van der Waals surface area (Å²) in [5, 5.41) is 5.92. The molecule has 0 fully saturated rings. The van der Waals surface area contributed by atoms with Gasteiger partial charge >= 0.3 is 0 Å². The second-order valence-electron chi connectivity index (χ2n) is 4.88. The average molecular weight is 326 g/mol. The van der Waals surface area contributed by atoms with E-state index in [0.29, 0.717) is 29.2 Å². The molecule has 6 heteroatoms. The molecule has 0 aliphatic carbocycles. The van der Waals surface area contributed by atoms with E-state index in [4.69, 9.17) is 11.6 Å². The molecule has 0 aliphatic heterocycles. The lowest BCUT2D eigenvalue weighted by atomic mass is 10.2. The number of carbonyl (C=O) groups excluding carboxylic acids is 2. The first kappa shape index (κ1) is 18.5. The summed E-state index contributed by atoms with van der Waals surface area (Å²) < 4.78 is 0. The van der Waals surface area contributed by atoms with Crippen molar-refractivity contribution in [3.63, 3.8) is 0 Å². The molecule has 1 aromatic carbocycles. The Hall–Kier alpha value is -1.59. The lowest BCUT2D eigenvalue weighted by molar-refractivity contribution is -0.115. The largest absolute Gasteiger partial charge is 0.351 e. The van der Waals surface area contributed by atoms with Crippen molar-refractivity contribution in [1.29, 1.82) is 0 Å². The van der Waals surface area contributed by atoms with Crippen LogP contribution >= 0.6 is 11.6 Å². The minimum Gasteiger partial charge on any atom is -0.351 e. The second kappa shape index (κ2) is 9.43. The average Bonchev–Trinajstić information content (AvgIpc) is 2.53. The predicted molar refractivity (Wildman–Crippen MR) is 90.5 cm³/mol. The van der Waals surface area contributed by atoms with E-state index >= 15 is 0 Å². The number of likely N-dealkylation sites (N-methyl/N-ethyl adjacent to an activating group) is 1. The van der Waals surface area contributed by atoms with E-state index in [0.717, 1.165) is 19.6 Å². The lowest BCUT2D eigenvalue weighted by Crippen LogP contribution is -2.34. The van der Waals surface area contributed by atoms with Crippen LogP contribution in [-0.4, -0.2) is 42.9 Å². The zero-order valence-electron chi connectivity index (χ0n) is 13.4. The van der Waals surface area contributed by atoms with Crippen LogP contribution in [0.2, 0.25) is 5.02 Å². The van der Waals surface area contributed by atoms with Crippen LogP contribution in [0.3, 0.4) is 0 Å². The zero-order chi connectivity index (χ0) is 16.5. The van der Waals surface area contributed by atoms with Gasteiger partial charge in [-0.2, -0.15) is 0 Å². The highest BCUT2D eigenvalue weighted by atomic mass is 35.5. The Labute approximate surface area is 137 Å². The highest BCUT2D eigenvalue weighted by molar-refractivity contribution is 6.34. The Morgan fingerprint density at radius 1 is 1.18 bits per heavy atom. The van der Waals surface area contributed by atoms with Crippen LogP contribution in [0.1, 0.15) is 37.6 Å². The van der Waals surface area contributed by atoms with Crippen molar-refractivity contribution in [3.05, 3.63) is 28.8 Å². The van der Waals surface area contributed by atoms with Crippen LogP contribution in [0.5, 0.6) is 0 Å². The fourth-order valence-corrected chi connectivity index (χ4v) is 2.19. The van der Waals surface area contributed by atoms with Crippen LogP contribution in [0.25, 0.3) is 0 Å². The monoisotopic (exact) mass is 325 g/mol. The quantitative estimate of drug-likeness (QED) is 0.772. The maximum absolute atomic E-state index is 12.1. The van der Waals surface area contributed by atoms with Crippen molar-refractivity contribution in [2.75, 3.05) is 31.5 Å². The molecular formula is C16H24ClN3O2. The van der Waals surface area contributed by atoms with Crippen LogP contribution in [0.4, 0.5) is 5.69 Å². The summed E-state index contributed by atoms with van der Waals surface area (Å²) in [6, 6.07) is 4.87. The fraction of sp³-hybridized carbons (Fsp3) is 0.500. The van der Waals surface area contributed by atoms with Gasteiger partial charge in [0, 0.05) is 25.1 Å². The number of halogens is 1. The SMILES string of the molecule is CCC(=O)Nc1ccc(C(=O)NCCN(CC)CC)cc1Cl. The Kier molecular flexibility index (Phi) is 7.91. The summed E-state index contributed by atoms with van der Waals surface area (Å²) in [7, 11) is 0. The molecular weight excluding hydrogens is 302 g/mol. The summed E-state index contributed by atoms with van der Waals surface area (Å²) in [5.41, 5.74) is 1.01. The Balaban J connectivity index is 2.59. The minimum absolute atomic E-state index is 0.113. The molecule has 0 aliphatic rings. The smallest absolute Gasteiger partial charge is 0.251 e. The number of carbonyl (C=O) groups is 2. The maximum atomic E-state index is 12.1. The highest BCUT2D eigenvalue weighted by Gasteiger charge is 2.10. The van der Waals surface area contributed by atoms with Crippen LogP contribution in [0, 0.1) is 0 Å². The summed E-state index contributed by atoms with van der Waals surface area (Å²) in [5.74, 6) is -0.277. The summed E-state index contributed by atoms with van der Waals surface area (Å²) >= 11 is 6.10. The van der Waals surface area contributed by atoms with Crippen molar-refractivity contribution in [2.24, 2.45) is 0 Å². The van der Waals surface area contributed by atoms with Gasteiger partial charge in [-0.3, -0.25) is 9.59 Å². The third-order valence-corrected chi connectivity index (χ3v) is 3.75. The van der Waals surface area contributed by atoms with Gasteiger partial charge in [0.25, 0.3) is 5.91 Å². The van der Waals surface area contributed by atoms with Gasteiger partial charge in [0.05, 0.1) is 10.7 Å². The Morgan fingerprint density at radius 3 is 2.41 bits per heavy atom. The molecule has 0 heterocycles. The highest BCUT2D eigenvalue weighted by Crippen LogP contribution is 2.23. The molecule has 5 nitrogen and oxygen atoms in total. The molecule has 0 spiro atoms. The number of hydrogen-bond donors (Lipinski definition) is 2. The van der Waals surface area contributed by atoms with Gasteiger partial charge in [-0.05, 0) is 31.3 Å². The summed E-state index contributed by atoms with van der Waals surface area (Å²) in [4.78, 5) is 25.7. The predicted octanol–water partition coefficient (Wildman–Crippen LogP) is 2.76. The van der Waals surface area contributed by atoms with Gasteiger partial charge in [0.15, 0.2) is 0 Å². The van der Waals surface area contributed by atoms with Gasteiger partial charge < -0.3 is 15.5 Å². The molecule has 0 unspecified atom stereocenters. The number of hydrogen-bond acceptors (Lipinski definition) is 3. The zero-order valence-corrected chi connectivity index (χ0v) is 14.2. The molecule has 22 heavy (non-hydrogen) atoms. The third-order valence-electron chi connectivity index (χ3n) is 3.43. The van der Waals surface area contributed by atoms with Gasteiger partial charge in [-0.1, -0.05) is 32.4 Å². The standard InChI is InChI=1S/C16H24ClN3O2/c1-4-15(21)19-14-8-7-12(11-13(14)17)16(22)18-9-10-20(5-2)6-3/h7-8,11H,4-6,9-10H2,1-3H3,(H,18,22)(H,19,21). The first-order valence-corrected chi connectivity index (χ1v) is 7.99. The Morgan fingerprint density at radius 2 is 1.86 bits per heavy atom. The number of nitrogens with one attached hydrogen (secondary N) is 2. The topological polar surface area (TPSA) is 61.4 Å². The normalized spacial score (nSPS) is 10.6. The second-order valence-corrected chi connectivity index (χ2v) is 5.29. The minimum atomic E-state index is -0.164. The first-order valence-electron chi connectivity index (χ1n) is 7.61. The van der Waals surface area contributed by atoms with E-state index in [2.05, 4.69) is 29.4 Å². The number of nitrogens with zero attached hydrogens (tertiary/aromatic N) is 1. The number of benzene rings is 1. The molecule has 0 saturated carbocycles. The maximum Gasteiger partial charge on any atom is 0.251 e. The van der Waals surface area contributed by atoms with Crippen molar-refractivity contribution in [1.82, 2.24) is 10.2 Å². The van der Waals surface area contributed by atoms with E-state index < -0.39 is 0 Å². The lowest BCUT2D eigenvalue weighted by Gasteiger charge is -2.18. The van der Waals surface area contributed by atoms with Crippen LogP contribution in [-0.2, 0) is 4.79 Å². The number of anilines is 1. The van der Waals surface area contributed by atoms with E-state index in [-0.39, 0.29) is 11.8 Å². The van der Waals surface area contributed by atoms with Crippen molar-refractivity contribution in [2.45, 2.75) is 27.2 Å². The van der Waals surface area contributed by atoms with Gasteiger partial charge in [-0.15, -0.1) is 0 Å². The van der Waals surface area contributed by atoms with E-state index in [1.165, 1.54) is 0 Å². The molecule has 0 bridgehead atoms. The molecule has 122 valence electrons. The number of amides is 2. The molecule has 1 rings (SSSR count). The summed E-state index contributed by atoms with van der Waals surface area (Å²) in [6.45, 7) is 9.28. The summed E-state index contributed by atoms with van der Waals surface area (Å²) in [6.07, 6.45) is 0.379.